The molecule has 0 atom stereocenters. The van der Waals surface area contributed by atoms with E-state index in [0.717, 1.165) is 78.8 Å². The number of rotatable bonds is 0. The Morgan fingerprint density at radius 3 is 1.13 bits per heavy atom. The number of pyridine rings is 7. The highest BCUT2D eigenvalue weighted by Gasteiger charge is 2.07. The van der Waals surface area contributed by atoms with E-state index in [2.05, 4.69) is 301 Å². The minimum absolute atomic E-state index is 1.08. The summed E-state index contributed by atoms with van der Waals surface area (Å²) in [5.74, 6) is 0. The molecule has 0 radical (unpaired) electrons. The minimum Gasteiger partial charge on any atom is -0.258 e. The molecule has 15 rings (SSSR count). The van der Waals surface area contributed by atoms with Gasteiger partial charge in [0.25, 0.3) is 0 Å². The molecule has 0 aliphatic heterocycles. The molecule has 92 heavy (non-hydrogen) atoms. The fourth-order valence-electron chi connectivity index (χ4n) is 12.0. The molecule has 0 saturated carbocycles. The largest absolute Gasteiger partial charge is 0.258 e. The first-order chi connectivity index (χ1) is 44.0. The number of para-hydroxylation sites is 3. The fraction of sp³-hybridized carbons (Fsp3) is 0.212. The zero-order chi connectivity index (χ0) is 65.9. The Kier molecular flexibility index (Phi) is 21.4. The monoisotopic (exact) mass is 1210 g/mol. The van der Waals surface area contributed by atoms with E-state index in [1.165, 1.54) is 109 Å². The molecule has 7 heterocycles. The van der Waals surface area contributed by atoms with Crippen molar-refractivity contribution in [2.75, 3.05) is 0 Å². The van der Waals surface area contributed by atoms with Gasteiger partial charge in [0.2, 0.25) is 0 Å². The molecule has 0 fully saturated rings. The molecule has 0 aliphatic carbocycles. The van der Waals surface area contributed by atoms with Crippen LogP contribution in [0.25, 0.3) is 86.8 Å². The Hall–Kier alpha value is -10.1. The van der Waals surface area contributed by atoms with Gasteiger partial charge in [-0.25, -0.2) is 4.98 Å². The highest BCUT2D eigenvalue weighted by Crippen LogP contribution is 2.27. The second-order valence-corrected chi connectivity index (χ2v) is 24.7. The van der Waals surface area contributed by atoms with Crippen molar-refractivity contribution in [3.8, 4) is 0 Å². The van der Waals surface area contributed by atoms with Gasteiger partial charge in [0, 0.05) is 94.3 Å². The first-order valence-corrected chi connectivity index (χ1v) is 31.8. The van der Waals surface area contributed by atoms with Crippen molar-refractivity contribution in [1.82, 2.24) is 34.9 Å². The van der Waals surface area contributed by atoms with E-state index in [-0.39, 0.29) is 0 Å². The van der Waals surface area contributed by atoms with Crippen molar-refractivity contribution in [3.05, 3.63) is 302 Å². The van der Waals surface area contributed by atoms with Crippen molar-refractivity contribution in [3.63, 3.8) is 0 Å². The van der Waals surface area contributed by atoms with Gasteiger partial charge in [0.05, 0.1) is 27.6 Å². The van der Waals surface area contributed by atoms with Crippen LogP contribution in [0.4, 0.5) is 0 Å². The van der Waals surface area contributed by atoms with Crippen LogP contribution in [0, 0.1) is 125 Å². The number of hydrogen-bond donors (Lipinski definition) is 0. The summed E-state index contributed by atoms with van der Waals surface area (Å²) in [6, 6.07) is 69.6. The Morgan fingerprint density at radius 2 is 0.554 bits per heavy atom. The number of aryl methyl sites for hydroxylation is 17. The SMILES string of the molecule is Cc1c2ccccc2nc2ccccc12.Cc1cc2ccccc2c(C)n1.Cc1ccc2c(C)cc(C)nc2c1.Cc1ccc2c(C)nc(C)cc2c1.Cc1ccc2cc(C)nc(C)c2c1.Cc1ccc2nc(C)cc(C)c2c1.Cc1nc2ccccc2c(C)c1C. The maximum absolute atomic E-state index is 4.64. The Bertz CT molecular complexity index is 4910. The highest BCUT2D eigenvalue weighted by molar-refractivity contribution is 5.97. The highest BCUT2D eigenvalue weighted by atomic mass is 14.7. The summed E-state index contributed by atoms with van der Waals surface area (Å²) < 4.78 is 0. The van der Waals surface area contributed by atoms with E-state index in [4.69, 9.17) is 0 Å². The first kappa shape index (κ1) is 66.3. The quantitative estimate of drug-likeness (QED) is 0.140. The molecule has 0 saturated heterocycles. The van der Waals surface area contributed by atoms with Crippen LogP contribution in [0.15, 0.2) is 200 Å². The number of aromatic nitrogens is 7. The Labute approximate surface area is 544 Å². The Balaban J connectivity index is 0.000000127. The zero-order valence-electron chi connectivity index (χ0n) is 57.2. The molecule has 7 aromatic heterocycles. The van der Waals surface area contributed by atoms with Crippen LogP contribution in [-0.2, 0) is 0 Å². The van der Waals surface area contributed by atoms with Gasteiger partial charge < -0.3 is 0 Å². The summed E-state index contributed by atoms with van der Waals surface area (Å²) in [6.07, 6.45) is 0. The standard InChI is InChI=1S/C14H11N.5C12H13N.C11H11N/c1-10-11-6-2-4-8-13(11)15-14-9-5-3-7-12(10)14;1-8-4-5-12-10(3)13-9(2)7-11(12)6-8;1-8-4-5-11-7-9(2)13-10(3)12(11)6-8;1-8-4-5-12-11(6-8)9(2)7-10(3)13-12;1-8-4-5-11-9(2)7-10(3)13-12(11)6-8;1-8-9(2)11-6-4-5-7-12(11)13-10(8)3;1-8-7-10-5-3-4-6-11(10)9(2)12-8/h2-9H,1H3;5*4-7H,1-3H3;3-7H,1-2H3. The van der Waals surface area contributed by atoms with E-state index in [1.807, 2.05) is 58.9 Å². The lowest BCUT2D eigenvalue weighted by Gasteiger charge is -2.07. The zero-order valence-corrected chi connectivity index (χ0v) is 57.2. The van der Waals surface area contributed by atoms with Crippen molar-refractivity contribution >= 4 is 86.8 Å². The average molecular weight is 1210 g/mol. The van der Waals surface area contributed by atoms with Crippen LogP contribution < -0.4 is 0 Å². The second kappa shape index (κ2) is 29.7. The first-order valence-electron chi connectivity index (χ1n) is 31.8. The van der Waals surface area contributed by atoms with E-state index in [1.54, 1.807) is 0 Å². The average Bonchev–Trinajstić information content (AvgIpc) is 0.851. The van der Waals surface area contributed by atoms with Gasteiger partial charge in [-0.15, -0.1) is 0 Å². The molecular formula is C85H87N7. The third kappa shape index (κ3) is 16.4. The van der Waals surface area contributed by atoms with Crippen LogP contribution in [0.5, 0.6) is 0 Å². The van der Waals surface area contributed by atoms with Gasteiger partial charge in [-0.2, -0.15) is 0 Å². The molecule has 0 spiro atoms. The summed E-state index contributed by atoms with van der Waals surface area (Å²) in [6.45, 7) is 37.6. The van der Waals surface area contributed by atoms with Crippen LogP contribution in [0.1, 0.15) is 101 Å². The third-order valence-corrected chi connectivity index (χ3v) is 16.8. The van der Waals surface area contributed by atoms with Gasteiger partial charge in [-0.05, 0) is 247 Å². The van der Waals surface area contributed by atoms with Crippen LogP contribution in [0.2, 0.25) is 0 Å². The van der Waals surface area contributed by atoms with Crippen LogP contribution in [0.3, 0.4) is 0 Å². The molecular weight excluding hydrogens is 1120 g/mol. The molecule has 0 aliphatic rings. The van der Waals surface area contributed by atoms with Crippen molar-refractivity contribution in [1.29, 1.82) is 0 Å². The minimum atomic E-state index is 1.08. The van der Waals surface area contributed by atoms with E-state index in [0.29, 0.717) is 0 Å². The van der Waals surface area contributed by atoms with Crippen molar-refractivity contribution in [2.24, 2.45) is 0 Å². The fourth-order valence-corrected chi connectivity index (χ4v) is 12.0. The van der Waals surface area contributed by atoms with Gasteiger partial charge >= 0.3 is 0 Å². The molecule has 7 nitrogen and oxygen atoms in total. The van der Waals surface area contributed by atoms with Crippen molar-refractivity contribution in [2.45, 2.75) is 125 Å². The lowest BCUT2D eigenvalue weighted by Crippen LogP contribution is -1.92. The molecule has 15 aromatic rings. The number of nitrogens with zero attached hydrogens (tertiary/aromatic N) is 7. The lowest BCUT2D eigenvalue weighted by molar-refractivity contribution is 1.15. The molecule has 0 N–H and O–H groups in total. The summed E-state index contributed by atoms with van der Waals surface area (Å²) in [5, 5.41) is 13.9. The molecule has 0 unspecified atom stereocenters. The van der Waals surface area contributed by atoms with Gasteiger partial charge in [-0.3, -0.25) is 29.9 Å². The Morgan fingerprint density at radius 1 is 0.185 bits per heavy atom. The normalized spacial score (nSPS) is 10.7. The summed E-state index contributed by atoms with van der Waals surface area (Å²) in [5.41, 5.74) is 27.2. The van der Waals surface area contributed by atoms with Crippen molar-refractivity contribution < 1.29 is 0 Å². The molecule has 8 aromatic carbocycles. The maximum atomic E-state index is 4.64. The topological polar surface area (TPSA) is 90.2 Å². The lowest BCUT2D eigenvalue weighted by atomic mass is 10.0. The number of benzene rings is 8. The number of hydrogen-bond acceptors (Lipinski definition) is 7. The van der Waals surface area contributed by atoms with Gasteiger partial charge in [0.1, 0.15) is 0 Å². The molecule has 462 valence electrons. The van der Waals surface area contributed by atoms with Crippen LogP contribution in [-0.4, -0.2) is 34.9 Å². The predicted molar refractivity (Wildman–Crippen MR) is 395 cm³/mol. The summed E-state index contributed by atoms with van der Waals surface area (Å²) >= 11 is 0. The maximum Gasteiger partial charge on any atom is 0.0712 e. The van der Waals surface area contributed by atoms with E-state index < -0.39 is 0 Å². The van der Waals surface area contributed by atoms with Gasteiger partial charge in [0.15, 0.2) is 0 Å². The number of fused-ring (bicyclic) bond motifs is 8. The van der Waals surface area contributed by atoms with E-state index in [9.17, 15) is 0 Å². The summed E-state index contributed by atoms with van der Waals surface area (Å²) in [7, 11) is 0. The second-order valence-electron chi connectivity index (χ2n) is 24.7. The third-order valence-electron chi connectivity index (χ3n) is 16.8. The smallest absolute Gasteiger partial charge is 0.0712 e. The van der Waals surface area contributed by atoms with E-state index >= 15 is 0 Å². The summed E-state index contributed by atoms with van der Waals surface area (Å²) in [4.78, 5) is 31.4. The van der Waals surface area contributed by atoms with Crippen LogP contribution >= 0.6 is 0 Å². The van der Waals surface area contributed by atoms with Gasteiger partial charge in [-0.1, -0.05) is 144 Å². The molecule has 0 amide bonds. The predicted octanol–water partition coefficient (Wildman–Crippen LogP) is 22.3. The molecule has 0 bridgehead atoms. The molecule has 7 heteroatoms.